The van der Waals surface area contributed by atoms with Gasteiger partial charge in [0.15, 0.2) is 5.78 Å². The topological polar surface area (TPSA) is 63.2 Å². The number of carbonyl (C=O) groups excluding carboxylic acids is 2. The van der Waals surface area contributed by atoms with Crippen LogP contribution in [0.15, 0.2) is 36.7 Å². The largest absolute Gasteiger partial charge is 0.306 e. The van der Waals surface area contributed by atoms with Crippen molar-refractivity contribution in [1.82, 2.24) is 9.97 Å². The van der Waals surface area contributed by atoms with E-state index in [1.807, 2.05) is 13.0 Å². The Balaban J connectivity index is 1.99. The summed E-state index contributed by atoms with van der Waals surface area (Å²) in [6, 6.07) is 7.15. The third kappa shape index (κ3) is 2.07. The molecule has 100 valence electrons. The van der Waals surface area contributed by atoms with Crippen LogP contribution >= 0.6 is 0 Å². The van der Waals surface area contributed by atoms with Gasteiger partial charge in [0.1, 0.15) is 5.69 Å². The van der Waals surface area contributed by atoms with Crippen molar-refractivity contribution >= 4 is 17.4 Å². The molecule has 0 radical (unpaired) electrons. The van der Waals surface area contributed by atoms with Crippen molar-refractivity contribution in [3.05, 3.63) is 53.6 Å². The number of aromatic nitrogens is 2. The average molecular weight is 267 g/mol. The molecule has 0 N–H and O–H groups in total. The van der Waals surface area contributed by atoms with Crippen LogP contribution in [0.1, 0.15) is 33.0 Å². The molecule has 1 aliphatic heterocycles. The lowest BCUT2D eigenvalue weighted by Gasteiger charge is -2.28. The monoisotopic (exact) mass is 267 g/mol. The molecule has 0 unspecified atom stereocenters. The lowest BCUT2D eigenvalue weighted by atomic mass is 10.00. The highest BCUT2D eigenvalue weighted by Crippen LogP contribution is 2.27. The smallest absolute Gasteiger partial charge is 0.278 e. The zero-order valence-electron chi connectivity index (χ0n) is 11.0. The lowest BCUT2D eigenvalue weighted by molar-refractivity contribution is 0.0952. The van der Waals surface area contributed by atoms with Gasteiger partial charge in [0.2, 0.25) is 0 Å². The summed E-state index contributed by atoms with van der Waals surface area (Å²) in [7, 11) is 0. The second-order valence-electron chi connectivity index (χ2n) is 4.69. The van der Waals surface area contributed by atoms with E-state index in [1.165, 1.54) is 6.20 Å². The van der Waals surface area contributed by atoms with Crippen LogP contribution in [0.5, 0.6) is 0 Å². The molecule has 1 amide bonds. The molecule has 1 aromatic carbocycles. The molecule has 0 spiro atoms. The lowest BCUT2D eigenvalue weighted by Crippen LogP contribution is -2.37. The van der Waals surface area contributed by atoms with Gasteiger partial charge >= 0.3 is 0 Å². The van der Waals surface area contributed by atoms with E-state index in [4.69, 9.17) is 0 Å². The highest BCUT2D eigenvalue weighted by molar-refractivity contribution is 6.12. The second-order valence-corrected chi connectivity index (χ2v) is 4.69. The van der Waals surface area contributed by atoms with E-state index < -0.39 is 0 Å². The molecule has 5 nitrogen and oxygen atoms in total. The molecule has 0 bridgehead atoms. The standard InChI is InChI=1S/C15H13N3O2/c1-10-8-17-12(9-16-10)15(20)18-7-6-14(19)11-4-2-3-5-13(11)18/h2-5,8-9H,6-7H2,1H3. The van der Waals surface area contributed by atoms with Crippen LogP contribution in [0.3, 0.4) is 0 Å². The van der Waals surface area contributed by atoms with Crippen molar-refractivity contribution in [1.29, 1.82) is 0 Å². The Labute approximate surface area is 116 Å². The van der Waals surface area contributed by atoms with Gasteiger partial charge in [-0.25, -0.2) is 4.98 Å². The molecule has 0 atom stereocenters. The number of Topliss-reactive ketones (excluding diaryl/α,β-unsaturated/α-hetero) is 1. The first-order valence-corrected chi connectivity index (χ1v) is 6.39. The van der Waals surface area contributed by atoms with E-state index >= 15 is 0 Å². The van der Waals surface area contributed by atoms with Crippen molar-refractivity contribution in [3.8, 4) is 0 Å². The molecule has 0 fully saturated rings. The summed E-state index contributed by atoms with van der Waals surface area (Å²) >= 11 is 0. The Morgan fingerprint density at radius 2 is 2.00 bits per heavy atom. The number of ketones is 1. The van der Waals surface area contributed by atoms with E-state index in [0.717, 1.165) is 5.69 Å². The van der Waals surface area contributed by atoms with Crippen LogP contribution in [0.2, 0.25) is 0 Å². The molecular weight excluding hydrogens is 254 g/mol. The Kier molecular flexibility index (Phi) is 3.02. The second kappa shape index (κ2) is 4.85. The van der Waals surface area contributed by atoms with Gasteiger partial charge in [-0.15, -0.1) is 0 Å². The maximum Gasteiger partial charge on any atom is 0.278 e. The fourth-order valence-electron chi connectivity index (χ4n) is 2.27. The Hall–Kier alpha value is -2.56. The number of para-hydroxylation sites is 1. The Morgan fingerprint density at radius 1 is 1.20 bits per heavy atom. The molecule has 0 aliphatic carbocycles. The van der Waals surface area contributed by atoms with E-state index in [1.54, 1.807) is 29.3 Å². The predicted octanol–water partition coefficient (Wildman–Crippen LogP) is 2.02. The van der Waals surface area contributed by atoms with Gasteiger partial charge in [0.05, 0.1) is 17.6 Å². The normalized spacial score (nSPS) is 14.1. The number of aryl methyl sites for hydroxylation is 1. The molecule has 0 saturated heterocycles. The molecule has 1 aliphatic rings. The number of hydrogen-bond acceptors (Lipinski definition) is 4. The first-order chi connectivity index (χ1) is 9.66. The maximum absolute atomic E-state index is 12.5. The quantitative estimate of drug-likeness (QED) is 0.793. The van der Waals surface area contributed by atoms with E-state index in [0.29, 0.717) is 29.9 Å². The SMILES string of the molecule is Cc1cnc(C(=O)N2CCC(=O)c3ccccc32)cn1. The summed E-state index contributed by atoms with van der Waals surface area (Å²) in [5.41, 5.74) is 2.29. The third-order valence-corrected chi connectivity index (χ3v) is 3.30. The highest BCUT2D eigenvalue weighted by Gasteiger charge is 2.28. The van der Waals surface area contributed by atoms with Crippen LogP contribution in [0.4, 0.5) is 5.69 Å². The molecule has 5 heteroatoms. The van der Waals surface area contributed by atoms with Crippen molar-refractivity contribution < 1.29 is 9.59 Å². The minimum absolute atomic E-state index is 0.0691. The fourth-order valence-corrected chi connectivity index (χ4v) is 2.27. The van der Waals surface area contributed by atoms with Crippen LogP contribution in [0, 0.1) is 6.92 Å². The van der Waals surface area contributed by atoms with Crippen LogP contribution in [-0.4, -0.2) is 28.2 Å². The van der Waals surface area contributed by atoms with Crippen molar-refractivity contribution in [3.63, 3.8) is 0 Å². The average Bonchev–Trinajstić information content (AvgIpc) is 2.48. The molecule has 2 heterocycles. The number of rotatable bonds is 1. The molecule has 20 heavy (non-hydrogen) atoms. The minimum Gasteiger partial charge on any atom is -0.306 e. The zero-order valence-corrected chi connectivity index (χ0v) is 11.0. The number of benzene rings is 1. The van der Waals surface area contributed by atoms with E-state index in [-0.39, 0.29) is 11.7 Å². The highest BCUT2D eigenvalue weighted by atomic mass is 16.2. The Bertz CT molecular complexity index is 680. The third-order valence-electron chi connectivity index (χ3n) is 3.30. The summed E-state index contributed by atoms with van der Waals surface area (Å²) in [6.07, 6.45) is 3.37. The van der Waals surface area contributed by atoms with Crippen molar-refractivity contribution in [2.24, 2.45) is 0 Å². The molecular formula is C15H13N3O2. The summed E-state index contributed by atoms with van der Waals surface area (Å²) in [5.74, 6) is -0.155. The van der Waals surface area contributed by atoms with E-state index in [2.05, 4.69) is 9.97 Å². The first kappa shape index (κ1) is 12.5. The fraction of sp³-hybridized carbons (Fsp3) is 0.200. The van der Waals surface area contributed by atoms with Gasteiger partial charge in [-0.1, -0.05) is 12.1 Å². The van der Waals surface area contributed by atoms with E-state index in [9.17, 15) is 9.59 Å². The molecule has 1 aromatic heterocycles. The van der Waals surface area contributed by atoms with Gasteiger partial charge in [-0.2, -0.15) is 0 Å². The number of anilines is 1. The van der Waals surface area contributed by atoms with Gasteiger partial charge < -0.3 is 4.90 Å². The maximum atomic E-state index is 12.5. The predicted molar refractivity (Wildman–Crippen MR) is 73.8 cm³/mol. The van der Waals surface area contributed by atoms with Crippen LogP contribution in [-0.2, 0) is 0 Å². The summed E-state index contributed by atoms with van der Waals surface area (Å²) in [5, 5.41) is 0. The van der Waals surface area contributed by atoms with Gasteiger partial charge in [-0.3, -0.25) is 14.6 Å². The molecule has 0 saturated carbocycles. The van der Waals surface area contributed by atoms with Crippen LogP contribution < -0.4 is 4.90 Å². The molecule has 3 rings (SSSR count). The number of hydrogen-bond donors (Lipinski definition) is 0. The van der Waals surface area contributed by atoms with Crippen molar-refractivity contribution in [2.45, 2.75) is 13.3 Å². The van der Waals surface area contributed by atoms with Crippen LogP contribution in [0.25, 0.3) is 0 Å². The minimum atomic E-state index is -0.225. The van der Waals surface area contributed by atoms with Crippen molar-refractivity contribution in [2.75, 3.05) is 11.4 Å². The molecule has 2 aromatic rings. The number of amides is 1. The zero-order chi connectivity index (χ0) is 14.1. The number of carbonyl (C=O) groups is 2. The Morgan fingerprint density at radius 3 is 2.75 bits per heavy atom. The first-order valence-electron chi connectivity index (χ1n) is 6.39. The van der Waals surface area contributed by atoms with Gasteiger partial charge in [0.25, 0.3) is 5.91 Å². The number of nitrogens with zero attached hydrogens (tertiary/aromatic N) is 3. The number of fused-ring (bicyclic) bond motifs is 1. The summed E-state index contributed by atoms with van der Waals surface area (Å²) in [4.78, 5) is 34.2. The van der Waals surface area contributed by atoms with Gasteiger partial charge in [0, 0.05) is 24.7 Å². The summed E-state index contributed by atoms with van der Waals surface area (Å²) < 4.78 is 0. The van der Waals surface area contributed by atoms with Gasteiger partial charge in [-0.05, 0) is 19.1 Å². The summed E-state index contributed by atoms with van der Waals surface area (Å²) in [6.45, 7) is 2.19.